The predicted octanol–water partition coefficient (Wildman–Crippen LogP) is -1.15. The van der Waals surface area contributed by atoms with Crippen molar-refractivity contribution >= 4 is 5.78 Å². The Morgan fingerprint density at radius 3 is 2.43 bits per heavy atom. The Balaban J connectivity index is 1.26. The van der Waals surface area contributed by atoms with Crippen molar-refractivity contribution in [3.63, 3.8) is 0 Å². The highest BCUT2D eigenvalue weighted by atomic mass is 16.7. The van der Waals surface area contributed by atoms with Crippen molar-refractivity contribution < 1.29 is 54.4 Å². The fraction of sp³-hybridized carbons (Fsp3) is 0.885. The van der Waals surface area contributed by atoms with Gasteiger partial charge in [-0.15, -0.1) is 0 Å². The second-order valence-electron chi connectivity index (χ2n) is 12.4. The lowest BCUT2D eigenvalue weighted by Gasteiger charge is -2.70. The third-order valence-corrected chi connectivity index (χ3v) is 9.80. The second-order valence-corrected chi connectivity index (χ2v) is 12.4. The summed E-state index contributed by atoms with van der Waals surface area (Å²) in [5.41, 5.74) is -1.60. The highest BCUT2D eigenvalue weighted by molar-refractivity contribution is 5.96. The number of allylic oxidation sites excluding steroid dienone is 2. The number of rotatable bonds is 7. The third-order valence-electron chi connectivity index (χ3n) is 9.80. The lowest BCUT2D eigenvalue weighted by atomic mass is 9.34. The standard InChI is InChI=1S/C26H40O11/c1-11-7-13(28)17-15-12(5-6-25(17,4)16(11)15)24(2,3)37-22-20(31)19(30)18(29)14(36-22)8-34-23-21(32)26(33,9-27)10-35-23/h7,12,14-23,27,29-33H,5-6,8-10H2,1-4H3/t12-,14-,15?,16+,17-,18-,19+,20-,21+,22+,23-,25?,26-/m1/s1. The molecule has 2 unspecified atom stereocenters. The maximum Gasteiger partial charge on any atom is 0.187 e. The summed E-state index contributed by atoms with van der Waals surface area (Å²) < 4.78 is 22.9. The van der Waals surface area contributed by atoms with E-state index in [1.165, 1.54) is 0 Å². The number of carbonyl (C=O) groups is 1. The number of hydrogen-bond donors (Lipinski definition) is 6. The van der Waals surface area contributed by atoms with E-state index in [9.17, 15) is 35.4 Å². The second kappa shape index (κ2) is 9.29. The van der Waals surface area contributed by atoms with E-state index >= 15 is 0 Å². The minimum Gasteiger partial charge on any atom is -0.393 e. The lowest BCUT2D eigenvalue weighted by molar-refractivity contribution is -0.342. The van der Waals surface area contributed by atoms with Crippen LogP contribution in [0.5, 0.6) is 0 Å². The smallest absolute Gasteiger partial charge is 0.187 e. The summed E-state index contributed by atoms with van der Waals surface area (Å²) >= 11 is 0. The van der Waals surface area contributed by atoms with Crippen LogP contribution in [0.15, 0.2) is 11.6 Å². The first-order chi connectivity index (χ1) is 17.2. The van der Waals surface area contributed by atoms with Gasteiger partial charge in [-0.25, -0.2) is 0 Å². The highest BCUT2D eigenvalue weighted by Crippen LogP contribution is 2.71. The molecule has 2 saturated heterocycles. The van der Waals surface area contributed by atoms with Gasteiger partial charge in [0.1, 0.15) is 36.1 Å². The average Bonchev–Trinajstić information content (AvgIpc) is 3.12. The van der Waals surface area contributed by atoms with E-state index in [2.05, 4.69) is 6.92 Å². The van der Waals surface area contributed by atoms with Crippen LogP contribution in [0.2, 0.25) is 0 Å². The molecule has 37 heavy (non-hydrogen) atoms. The molecule has 0 aromatic rings. The molecule has 0 aromatic heterocycles. The van der Waals surface area contributed by atoms with Crippen molar-refractivity contribution in [2.75, 3.05) is 19.8 Å². The Labute approximate surface area is 216 Å². The number of fused-ring (bicyclic) bond motifs is 3. The van der Waals surface area contributed by atoms with Gasteiger partial charge in [0.25, 0.3) is 0 Å². The van der Waals surface area contributed by atoms with Crippen LogP contribution in [0.25, 0.3) is 0 Å². The molecule has 6 N–H and O–H groups in total. The summed E-state index contributed by atoms with van der Waals surface area (Å²) in [5.74, 6) is 0.571. The Morgan fingerprint density at radius 1 is 1.11 bits per heavy atom. The first-order valence-electron chi connectivity index (χ1n) is 13.1. The molecule has 0 amide bonds. The summed E-state index contributed by atoms with van der Waals surface area (Å²) in [5, 5.41) is 61.3. The minimum atomic E-state index is -1.87. The van der Waals surface area contributed by atoms with Crippen LogP contribution >= 0.6 is 0 Å². The van der Waals surface area contributed by atoms with Crippen LogP contribution in [0.3, 0.4) is 0 Å². The maximum absolute atomic E-state index is 12.8. The highest BCUT2D eigenvalue weighted by Gasteiger charge is 2.70. The van der Waals surface area contributed by atoms with Gasteiger partial charge in [0.05, 0.1) is 25.4 Å². The Morgan fingerprint density at radius 2 is 1.81 bits per heavy atom. The molecule has 4 bridgehead atoms. The zero-order chi connectivity index (χ0) is 27.1. The monoisotopic (exact) mass is 528 g/mol. The fourth-order valence-corrected chi connectivity index (χ4v) is 7.80. The molecule has 2 aliphatic heterocycles. The molecule has 5 fully saturated rings. The molecule has 210 valence electrons. The molecular weight excluding hydrogens is 488 g/mol. The van der Waals surface area contributed by atoms with E-state index in [1.54, 1.807) is 6.08 Å². The summed E-state index contributed by atoms with van der Waals surface area (Å²) in [6, 6.07) is 0. The van der Waals surface area contributed by atoms with Gasteiger partial charge in [0.15, 0.2) is 18.4 Å². The van der Waals surface area contributed by atoms with Crippen molar-refractivity contribution in [2.45, 2.75) is 94.8 Å². The van der Waals surface area contributed by atoms with Crippen LogP contribution in [-0.2, 0) is 23.7 Å². The topological polar surface area (TPSA) is 175 Å². The molecular formula is C26H40O11. The number of aliphatic hydroxyl groups is 6. The van der Waals surface area contributed by atoms with Crippen LogP contribution in [-0.4, -0.2) is 111 Å². The first kappa shape index (κ1) is 27.6. The number of carbonyl (C=O) groups excluding carboxylic acids is 1. The maximum atomic E-state index is 12.8. The van der Waals surface area contributed by atoms with Crippen molar-refractivity contribution in [1.82, 2.24) is 0 Å². The average molecular weight is 529 g/mol. The van der Waals surface area contributed by atoms with E-state index in [0.29, 0.717) is 5.92 Å². The van der Waals surface area contributed by atoms with Gasteiger partial charge in [-0.05, 0) is 62.9 Å². The number of ether oxygens (including phenoxy) is 4. The van der Waals surface area contributed by atoms with E-state index in [-0.39, 0.29) is 42.2 Å². The summed E-state index contributed by atoms with van der Waals surface area (Å²) in [7, 11) is 0. The molecule has 2 heterocycles. The summed E-state index contributed by atoms with van der Waals surface area (Å²) in [6.07, 6.45) is -6.35. The number of aliphatic hydroxyl groups excluding tert-OH is 5. The fourth-order valence-electron chi connectivity index (χ4n) is 7.80. The number of ketones is 1. The molecule has 3 saturated carbocycles. The normalized spacial score (nSPS) is 51.6. The van der Waals surface area contributed by atoms with E-state index in [1.807, 2.05) is 20.8 Å². The third kappa shape index (κ3) is 4.14. The van der Waals surface area contributed by atoms with Crippen molar-refractivity contribution in [1.29, 1.82) is 0 Å². The van der Waals surface area contributed by atoms with E-state index < -0.39 is 60.9 Å². The van der Waals surface area contributed by atoms with Gasteiger partial charge in [-0.1, -0.05) is 12.5 Å². The summed E-state index contributed by atoms with van der Waals surface area (Å²) in [6.45, 7) is 6.59. The Kier molecular flexibility index (Phi) is 6.93. The van der Waals surface area contributed by atoms with Gasteiger partial charge < -0.3 is 49.6 Å². The molecule has 7 aliphatic rings. The summed E-state index contributed by atoms with van der Waals surface area (Å²) in [4.78, 5) is 12.8. The molecule has 0 aromatic carbocycles. The van der Waals surface area contributed by atoms with Gasteiger partial charge in [0, 0.05) is 5.92 Å². The SMILES string of the molecule is CC1=CC(=O)[C@@H]2C3[C@H](C(C)(C)O[C@@H]4O[C@H](CO[C@@H]5OC[C@](O)(CO)[C@H]5O)[C@@H](O)[C@H](O)[C@H]4O)CCC2(C)[C@@H]13. The van der Waals surface area contributed by atoms with Crippen LogP contribution in [0.1, 0.15) is 40.5 Å². The van der Waals surface area contributed by atoms with Crippen LogP contribution < -0.4 is 0 Å². The van der Waals surface area contributed by atoms with Gasteiger partial charge in [0.2, 0.25) is 0 Å². The minimum absolute atomic E-state index is 0.0182. The predicted molar refractivity (Wildman–Crippen MR) is 126 cm³/mol. The molecule has 7 rings (SSSR count). The van der Waals surface area contributed by atoms with Crippen molar-refractivity contribution in [3.8, 4) is 0 Å². The van der Waals surface area contributed by atoms with Crippen molar-refractivity contribution in [2.24, 2.45) is 29.1 Å². The van der Waals surface area contributed by atoms with Gasteiger partial charge >= 0.3 is 0 Å². The largest absolute Gasteiger partial charge is 0.393 e. The first-order valence-corrected chi connectivity index (χ1v) is 13.1. The molecule has 11 heteroatoms. The van der Waals surface area contributed by atoms with Gasteiger partial charge in [-0.2, -0.15) is 0 Å². The zero-order valence-corrected chi connectivity index (χ0v) is 21.7. The molecule has 5 aliphatic carbocycles. The van der Waals surface area contributed by atoms with Crippen LogP contribution in [0.4, 0.5) is 0 Å². The lowest BCUT2D eigenvalue weighted by Crippen LogP contribution is -2.69. The molecule has 13 atom stereocenters. The van der Waals surface area contributed by atoms with E-state index in [4.69, 9.17) is 18.9 Å². The molecule has 0 radical (unpaired) electrons. The van der Waals surface area contributed by atoms with Crippen molar-refractivity contribution in [3.05, 3.63) is 11.6 Å². The zero-order valence-electron chi connectivity index (χ0n) is 21.7. The molecule has 11 nitrogen and oxygen atoms in total. The Hall–Kier alpha value is -0.990. The van der Waals surface area contributed by atoms with E-state index in [0.717, 1.165) is 18.4 Å². The quantitative estimate of drug-likeness (QED) is 0.235. The Bertz CT molecular complexity index is 937. The van der Waals surface area contributed by atoms with Crippen LogP contribution in [0, 0.1) is 29.1 Å². The van der Waals surface area contributed by atoms with Gasteiger partial charge in [-0.3, -0.25) is 4.79 Å². The number of hydrogen-bond acceptors (Lipinski definition) is 11. The molecule has 0 spiro atoms.